The maximum Gasteiger partial charge on any atom is 0.281 e. The van der Waals surface area contributed by atoms with Gasteiger partial charge in [0, 0.05) is 37.9 Å². The Morgan fingerprint density at radius 3 is 2.56 bits per heavy atom. The number of ether oxygens (including phenoxy) is 1. The lowest BCUT2D eigenvalue weighted by atomic mass is 9.74. The van der Waals surface area contributed by atoms with Gasteiger partial charge in [0.2, 0.25) is 11.8 Å². The molecule has 1 N–H and O–H groups in total. The van der Waals surface area contributed by atoms with Crippen molar-refractivity contribution in [2.75, 3.05) is 29.4 Å². The van der Waals surface area contributed by atoms with Crippen molar-refractivity contribution >= 4 is 34.9 Å². The molecule has 3 aliphatic rings. The quantitative estimate of drug-likeness (QED) is 0.318. The Morgan fingerprint density at radius 2 is 1.87 bits per heavy atom. The topological polar surface area (TPSA) is 87.7 Å². The van der Waals surface area contributed by atoms with Crippen molar-refractivity contribution in [1.82, 2.24) is 15.3 Å². The lowest BCUT2D eigenvalue weighted by Gasteiger charge is -2.47. The van der Waals surface area contributed by atoms with E-state index in [-0.39, 0.29) is 28.5 Å². The summed E-state index contributed by atoms with van der Waals surface area (Å²) in [6.07, 6.45) is 0.835. The Morgan fingerprint density at radius 1 is 1.13 bits per heavy atom. The molecular formula is C33H35ClF3N5O3. The molecule has 2 aliphatic heterocycles. The molecule has 45 heavy (non-hydrogen) atoms. The average molecular weight is 642 g/mol. The van der Waals surface area contributed by atoms with Crippen LogP contribution in [0.15, 0.2) is 48.7 Å². The molecule has 2 fully saturated rings. The minimum Gasteiger partial charge on any atom is -0.472 e. The van der Waals surface area contributed by atoms with E-state index in [1.54, 1.807) is 17.0 Å². The number of pyridine rings is 2. The fourth-order valence-corrected chi connectivity index (χ4v) is 6.79. The minimum absolute atomic E-state index is 0.0511. The van der Waals surface area contributed by atoms with Gasteiger partial charge in [-0.25, -0.2) is 13.2 Å². The Balaban J connectivity index is 1.11. The standard InChI is InChI=1S/C33H35ClF3N5O3/c1-32(2,3)45-27-6-4-5-26(40-27)41-17-33(18-41)24-12-9-21(35)14-25(24)42(31(33)44)16-19-7-10-22(11-8-19)39-30(43)23-13-20(34)15-38-28(23)29(36)37/h4-6,9,12-15,19,22,29H,7-8,10-11,16-18H2,1-3H3,(H,39,43). The number of nitrogens with one attached hydrogen (secondary N) is 1. The molecule has 1 aliphatic carbocycles. The summed E-state index contributed by atoms with van der Waals surface area (Å²) in [5.74, 6) is 0.259. The number of anilines is 2. The van der Waals surface area contributed by atoms with Crippen LogP contribution >= 0.6 is 11.6 Å². The molecule has 3 aromatic rings. The van der Waals surface area contributed by atoms with Gasteiger partial charge >= 0.3 is 0 Å². The highest BCUT2D eigenvalue weighted by Gasteiger charge is 2.58. The number of alkyl halides is 2. The van der Waals surface area contributed by atoms with Gasteiger partial charge in [0.15, 0.2) is 0 Å². The summed E-state index contributed by atoms with van der Waals surface area (Å²) in [6, 6.07) is 11.1. The number of carbonyl (C=O) groups excluding carboxylic acids is 2. The maximum absolute atomic E-state index is 14.5. The minimum atomic E-state index is -2.90. The first kappa shape index (κ1) is 31.1. The van der Waals surface area contributed by atoms with Crippen molar-refractivity contribution in [3.8, 4) is 5.88 Å². The number of rotatable bonds is 7. The number of fused-ring (bicyclic) bond motifs is 2. The summed E-state index contributed by atoms with van der Waals surface area (Å²) in [6.45, 7) is 7.13. The van der Waals surface area contributed by atoms with E-state index in [4.69, 9.17) is 16.3 Å². The fraction of sp³-hybridized carbons (Fsp3) is 0.455. The maximum atomic E-state index is 14.5. The Bertz CT molecular complexity index is 1620. The van der Waals surface area contributed by atoms with Gasteiger partial charge in [-0.05, 0) is 82.2 Å². The van der Waals surface area contributed by atoms with Crippen LogP contribution in [0.5, 0.6) is 5.88 Å². The molecule has 6 rings (SSSR count). The lowest BCUT2D eigenvalue weighted by molar-refractivity contribution is -0.124. The molecule has 238 valence electrons. The fourth-order valence-electron chi connectivity index (χ4n) is 6.64. The van der Waals surface area contributed by atoms with Gasteiger partial charge in [0.25, 0.3) is 12.3 Å². The number of hydrogen-bond acceptors (Lipinski definition) is 6. The van der Waals surface area contributed by atoms with Crippen LogP contribution in [0.4, 0.5) is 24.7 Å². The lowest BCUT2D eigenvalue weighted by Crippen LogP contribution is -2.64. The van der Waals surface area contributed by atoms with Crippen molar-refractivity contribution in [1.29, 1.82) is 0 Å². The summed E-state index contributed by atoms with van der Waals surface area (Å²) in [5, 5.41) is 2.95. The molecule has 2 aromatic heterocycles. The molecule has 1 saturated carbocycles. The first-order valence-electron chi connectivity index (χ1n) is 15.1. The third kappa shape index (κ3) is 6.19. The van der Waals surface area contributed by atoms with Crippen LogP contribution in [0, 0.1) is 11.7 Å². The molecule has 8 nitrogen and oxygen atoms in total. The SMILES string of the molecule is CC(C)(C)Oc1cccc(N2CC3(C2)C(=O)N(CC2CCC(NC(=O)c4cc(Cl)cnc4C(F)F)CC2)c2cc(F)ccc23)n1. The molecule has 0 atom stereocenters. The van der Waals surface area contributed by atoms with Crippen molar-refractivity contribution in [3.05, 3.63) is 76.3 Å². The second-order valence-electron chi connectivity index (χ2n) is 13.1. The smallest absolute Gasteiger partial charge is 0.281 e. The number of amides is 2. The summed E-state index contributed by atoms with van der Waals surface area (Å²) >= 11 is 5.91. The van der Waals surface area contributed by atoms with Crippen molar-refractivity contribution in [2.24, 2.45) is 5.92 Å². The zero-order valence-corrected chi connectivity index (χ0v) is 26.1. The van der Waals surface area contributed by atoms with Crippen LogP contribution in [0.1, 0.15) is 74.5 Å². The van der Waals surface area contributed by atoms with Crippen LogP contribution in [0.2, 0.25) is 5.02 Å². The summed E-state index contributed by atoms with van der Waals surface area (Å²) in [5.41, 5.74) is -0.606. The highest BCUT2D eigenvalue weighted by atomic mass is 35.5. The Labute approximate surface area is 264 Å². The van der Waals surface area contributed by atoms with Gasteiger partial charge in [-0.3, -0.25) is 14.6 Å². The zero-order chi connectivity index (χ0) is 32.1. The van der Waals surface area contributed by atoms with Gasteiger partial charge in [-0.15, -0.1) is 0 Å². The summed E-state index contributed by atoms with van der Waals surface area (Å²) < 4.78 is 47.2. The van der Waals surface area contributed by atoms with E-state index in [1.807, 2.05) is 37.8 Å². The molecule has 0 bridgehead atoms. The zero-order valence-electron chi connectivity index (χ0n) is 25.3. The molecule has 1 aromatic carbocycles. The molecule has 1 saturated heterocycles. The molecule has 4 heterocycles. The molecule has 2 amide bonds. The van der Waals surface area contributed by atoms with E-state index in [0.29, 0.717) is 62.7 Å². The molecule has 12 heteroatoms. The van der Waals surface area contributed by atoms with Crippen LogP contribution in [-0.2, 0) is 10.2 Å². The number of hydrogen-bond donors (Lipinski definition) is 1. The van der Waals surface area contributed by atoms with Crippen molar-refractivity contribution in [2.45, 2.75) is 69.9 Å². The van der Waals surface area contributed by atoms with E-state index in [0.717, 1.165) is 11.8 Å². The van der Waals surface area contributed by atoms with E-state index >= 15 is 0 Å². The normalized spacial score (nSPS) is 20.8. The third-order valence-corrected chi connectivity index (χ3v) is 8.95. The second kappa shape index (κ2) is 11.8. The molecular weight excluding hydrogens is 607 g/mol. The highest BCUT2D eigenvalue weighted by Crippen LogP contribution is 2.49. The van der Waals surface area contributed by atoms with E-state index < -0.39 is 34.9 Å². The predicted octanol–water partition coefficient (Wildman–Crippen LogP) is 6.48. The third-order valence-electron chi connectivity index (χ3n) is 8.75. The molecule has 0 radical (unpaired) electrons. The van der Waals surface area contributed by atoms with Gasteiger partial charge in [0.05, 0.1) is 16.3 Å². The van der Waals surface area contributed by atoms with E-state index in [2.05, 4.69) is 15.3 Å². The van der Waals surface area contributed by atoms with Gasteiger partial charge in [-0.1, -0.05) is 23.7 Å². The van der Waals surface area contributed by atoms with Crippen LogP contribution in [0.25, 0.3) is 0 Å². The van der Waals surface area contributed by atoms with E-state index in [1.165, 1.54) is 18.2 Å². The number of benzene rings is 1. The average Bonchev–Trinajstić information content (AvgIpc) is 3.19. The van der Waals surface area contributed by atoms with Crippen LogP contribution < -0.4 is 19.9 Å². The van der Waals surface area contributed by atoms with Gasteiger partial charge in [-0.2, -0.15) is 4.98 Å². The number of aromatic nitrogens is 2. The number of halogens is 4. The number of carbonyl (C=O) groups is 2. The first-order valence-corrected chi connectivity index (χ1v) is 15.5. The van der Waals surface area contributed by atoms with Crippen molar-refractivity contribution < 1.29 is 27.5 Å². The predicted molar refractivity (Wildman–Crippen MR) is 165 cm³/mol. The van der Waals surface area contributed by atoms with E-state index in [9.17, 15) is 22.8 Å². The monoisotopic (exact) mass is 641 g/mol. The van der Waals surface area contributed by atoms with Gasteiger partial charge in [0.1, 0.15) is 28.3 Å². The summed E-state index contributed by atoms with van der Waals surface area (Å²) in [4.78, 5) is 38.9. The molecule has 1 spiro atoms. The van der Waals surface area contributed by atoms with Crippen LogP contribution in [-0.4, -0.2) is 53.1 Å². The van der Waals surface area contributed by atoms with Crippen LogP contribution in [0.3, 0.4) is 0 Å². The Kier molecular flexibility index (Phi) is 8.18. The highest BCUT2D eigenvalue weighted by molar-refractivity contribution is 6.30. The molecule has 0 unspecified atom stereocenters. The Hall–Kier alpha value is -3.86. The summed E-state index contributed by atoms with van der Waals surface area (Å²) in [7, 11) is 0. The number of nitrogens with zero attached hydrogens (tertiary/aromatic N) is 4. The van der Waals surface area contributed by atoms with Gasteiger partial charge < -0.3 is 19.9 Å². The largest absolute Gasteiger partial charge is 0.472 e. The first-order chi connectivity index (χ1) is 21.3. The second-order valence-corrected chi connectivity index (χ2v) is 13.6. The van der Waals surface area contributed by atoms with Crippen molar-refractivity contribution in [3.63, 3.8) is 0 Å².